The van der Waals surface area contributed by atoms with E-state index in [0.29, 0.717) is 6.61 Å². The molecule has 4 rings (SSSR count). The molecule has 1 atom stereocenters. The summed E-state index contributed by atoms with van der Waals surface area (Å²) in [6, 6.07) is 25.7. The predicted octanol–water partition coefficient (Wildman–Crippen LogP) is 5.57. The molecule has 0 aliphatic carbocycles. The second kappa shape index (κ2) is 9.27. The van der Waals surface area contributed by atoms with Gasteiger partial charge in [0, 0.05) is 18.4 Å². The number of hydrogen-bond acceptors (Lipinski definition) is 4. The van der Waals surface area contributed by atoms with Crippen molar-refractivity contribution >= 4 is 34.4 Å². The molecule has 0 fully saturated rings. The highest BCUT2D eigenvalue weighted by Crippen LogP contribution is 2.32. The van der Waals surface area contributed by atoms with E-state index in [1.165, 1.54) is 11.8 Å². The van der Waals surface area contributed by atoms with Gasteiger partial charge in [0.05, 0.1) is 22.9 Å². The third kappa shape index (κ3) is 4.44. The number of rotatable bonds is 7. The number of carbonyl (C=O) groups is 1. The number of para-hydroxylation sites is 3. The van der Waals surface area contributed by atoms with Gasteiger partial charge in [-0.25, -0.2) is 4.98 Å². The number of nitrogens with zero attached hydrogens (tertiary/aromatic N) is 3. The van der Waals surface area contributed by atoms with Crippen molar-refractivity contribution in [1.29, 1.82) is 0 Å². The maximum absolute atomic E-state index is 13.1. The average Bonchev–Trinajstić information content (AvgIpc) is 3.17. The number of fused-ring (bicyclic) bond motifs is 1. The number of hydrogen-bond donors (Lipinski definition) is 0. The molecule has 0 aliphatic heterocycles. The fraction of sp³-hybridized carbons (Fsp3) is 0.200. The van der Waals surface area contributed by atoms with Crippen LogP contribution in [0.25, 0.3) is 16.7 Å². The van der Waals surface area contributed by atoms with Crippen LogP contribution in [0.5, 0.6) is 5.75 Å². The van der Waals surface area contributed by atoms with Gasteiger partial charge in [-0.15, -0.1) is 0 Å². The quantitative estimate of drug-likeness (QED) is 0.359. The van der Waals surface area contributed by atoms with Gasteiger partial charge in [-0.1, -0.05) is 42.1 Å². The van der Waals surface area contributed by atoms with Crippen LogP contribution in [-0.4, -0.2) is 34.4 Å². The number of ether oxygens (including phenoxy) is 1. The molecule has 1 amide bonds. The minimum Gasteiger partial charge on any atom is -0.494 e. The molecule has 1 heterocycles. The number of imidazole rings is 1. The molecular weight excluding hydrogens is 406 g/mol. The van der Waals surface area contributed by atoms with Crippen LogP contribution in [0.15, 0.2) is 84.0 Å². The first-order valence-electron chi connectivity index (χ1n) is 10.3. The van der Waals surface area contributed by atoms with Gasteiger partial charge in [-0.05, 0) is 62.4 Å². The van der Waals surface area contributed by atoms with Gasteiger partial charge >= 0.3 is 0 Å². The molecular formula is C25H25N3O2S. The largest absolute Gasteiger partial charge is 0.494 e. The lowest BCUT2D eigenvalue weighted by molar-refractivity contribution is -0.117. The number of carbonyl (C=O) groups excluding carboxylic acids is 1. The molecule has 0 radical (unpaired) electrons. The molecule has 6 heteroatoms. The standard InChI is InChI=1S/C25H25N3O2S/c1-4-30-21-16-14-20(15-17-21)28-23-13-9-8-12-22(23)26-25(28)31-18(2)24(29)27(3)19-10-6-5-7-11-19/h5-18H,4H2,1-3H3. The second-order valence-electron chi connectivity index (χ2n) is 7.14. The van der Waals surface area contributed by atoms with Crippen LogP contribution in [0.2, 0.25) is 0 Å². The summed E-state index contributed by atoms with van der Waals surface area (Å²) in [5.74, 6) is 0.861. The number of anilines is 1. The summed E-state index contributed by atoms with van der Waals surface area (Å²) in [6.07, 6.45) is 0. The number of benzene rings is 3. The molecule has 0 bridgehead atoms. The summed E-state index contributed by atoms with van der Waals surface area (Å²) < 4.78 is 7.68. The van der Waals surface area contributed by atoms with E-state index in [1.807, 2.05) is 99.8 Å². The summed E-state index contributed by atoms with van der Waals surface area (Å²) in [5, 5.41) is 0.483. The molecule has 4 aromatic rings. The zero-order chi connectivity index (χ0) is 21.8. The monoisotopic (exact) mass is 431 g/mol. The molecule has 0 N–H and O–H groups in total. The van der Waals surface area contributed by atoms with Crippen LogP contribution in [-0.2, 0) is 4.79 Å². The lowest BCUT2D eigenvalue weighted by atomic mass is 10.2. The van der Waals surface area contributed by atoms with E-state index in [0.717, 1.165) is 33.3 Å². The van der Waals surface area contributed by atoms with E-state index in [-0.39, 0.29) is 11.2 Å². The van der Waals surface area contributed by atoms with Crippen molar-refractivity contribution < 1.29 is 9.53 Å². The Labute approximate surface area is 186 Å². The fourth-order valence-corrected chi connectivity index (χ4v) is 4.49. The molecule has 31 heavy (non-hydrogen) atoms. The minimum atomic E-state index is -0.302. The Morgan fingerprint density at radius 1 is 1.03 bits per heavy atom. The molecule has 5 nitrogen and oxygen atoms in total. The average molecular weight is 432 g/mol. The van der Waals surface area contributed by atoms with Crippen molar-refractivity contribution in [1.82, 2.24) is 9.55 Å². The van der Waals surface area contributed by atoms with E-state index in [2.05, 4.69) is 4.57 Å². The topological polar surface area (TPSA) is 47.4 Å². The Morgan fingerprint density at radius 2 is 1.71 bits per heavy atom. The van der Waals surface area contributed by atoms with Crippen LogP contribution in [0, 0.1) is 0 Å². The smallest absolute Gasteiger partial charge is 0.240 e. The highest BCUT2D eigenvalue weighted by molar-refractivity contribution is 8.00. The fourth-order valence-electron chi connectivity index (χ4n) is 3.45. The molecule has 1 aromatic heterocycles. The first kappa shape index (κ1) is 21.0. The zero-order valence-electron chi connectivity index (χ0n) is 17.9. The highest BCUT2D eigenvalue weighted by atomic mass is 32.2. The van der Waals surface area contributed by atoms with E-state index >= 15 is 0 Å². The summed E-state index contributed by atoms with van der Waals surface area (Å²) in [5.41, 5.74) is 3.76. The number of aromatic nitrogens is 2. The van der Waals surface area contributed by atoms with Crippen molar-refractivity contribution in [3.63, 3.8) is 0 Å². The van der Waals surface area contributed by atoms with E-state index in [1.54, 1.807) is 4.90 Å². The molecule has 0 saturated heterocycles. The summed E-state index contributed by atoms with van der Waals surface area (Å²) in [7, 11) is 1.81. The van der Waals surface area contributed by atoms with Crippen molar-refractivity contribution in [3.05, 3.63) is 78.9 Å². The Balaban J connectivity index is 1.66. The third-order valence-corrected chi connectivity index (χ3v) is 6.08. The number of amides is 1. The van der Waals surface area contributed by atoms with Crippen LogP contribution in [0.3, 0.4) is 0 Å². The first-order valence-corrected chi connectivity index (χ1v) is 11.2. The lowest BCUT2D eigenvalue weighted by Gasteiger charge is -2.21. The summed E-state index contributed by atoms with van der Waals surface area (Å²) in [6.45, 7) is 4.52. The Hall–Kier alpha value is -3.25. The van der Waals surface area contributed by atoms with Crippen LogP contribution in [0.4, 0.5) is 5.69 Å². The van der Waals surface area contributed by atoms with Crippen LogP contribution >= 0.6 is 11.8 Å². The molecule has 1 unspecified atom stereocenters. The lowest BCUT2D eigenvalue weighted by Crippen LogP contribution is -2.33. The normalized spacial score (nSPS) is 12.0. The van der Waals surface area contributed by atoms with E-state index in [4.69, 9.17) is 9.72 Å². The Kier molecular flexibility index (Phi) is 6.28. The molecule has 0 spiro atoms. The van der Waals surface area contributed by atoms with Gasteiger partial charge < -0.3 is 9.64 Å². The van der Waals surface area contributed by atoms with Gasteiger partial charge in [0.25, 0.3) is 0 Å². The van der Waals surface area contributed by atoms with E-state index in [9.17, 15) is 4.79 Å². The Morgan fingerprint density at radius 3 is 2.42 bits per heavy atom. The van der Waals surface area contributed by atoms with E-state index < -0.39 is 0 Å². The van der Waals surface area contributed by atoms with Crippen molar-refractivity contribution in [2.24, 2.45) is 0 Å². The highest BCUT2D eigenvalue weighted by Gasteiger charge is 2.23. The summed E-state index contributed by atoms with van der Waals surface area (Å²) >= 11 is 1.47. The van der Waals surface area contributed by atoms with Crippen LogP contribution < -0.4 is 9.64 Å². The first-order chi connectivity index (χ1) is 15.1. The van der Waals surface area contributed by atoms with Crippen molar-refractivity contribution in [3.8, 4) is 11.4 Å². The summed E-state index contributed by atoms with van der Waals surface area (Å²) in [4.78, 5) is 19.6. The number of thioether (sulfide) groups is 1. The van der Waals surface area contributed by atoms with Gasteiger partial charge in [-0.2, -0.15) is 0 Å². The van der Waals surface area contributed by atoms with Gasteiger partial charge in [0.2, 0.25) is 5.91 Å². The Bertz CT molecular complexity index is 1170. The maximum Gasteiger partial charge on any atom is 0.240 e. The van der Waals surface area contributed by atoms with Crippen LogP contribution in [0.1, 0.15) is 13.8 Å². The third-order valence-electron chi connectivity index (χ3n) is 5.04. The van der Waals surface area contributed by atoms with Crippen molar-refractivity contribution in [2.75, 3.05) is 18.6 Å². The zero-order valence-corrected chi connectivity index (χ0v) is 18.7. The SMILES string of the molecule is CCOc1ccc(-n2c(SC(C)C(=O)N(C)c3ccccc3)nc3ccccc32)cc1. The maximum atomic E-state index is 13.1. The molecule has 3 aromatic carbocycles. The van der Waals surface area contributed by atoms with Gasteiger partial charge in [-0.3, -0.25) is 9.36 Å². The molecule has 0 aliphatic rings. The second-order valence-corrected chi connectivity index (χ2v) is 8.45. The van der Waals surface area contributed by atoms with Gasteiger partial charge in [0.15, 0.2) is 5.16 Å². The van der Waals surface area contributed by atoms with Crippen molar-refractivity contribution in [2.45, 2.75) is 24.3 Å². The molecule has 158 valence electrons. The molecule has 0 saturated carbocycles. The predicted molar refractivity (Wildman–Crippen MR) is 127 cm³/mol. The minimum absolute atomic E-state index is 0.0292. The van der Waals surface area contributed by atoms with Gasteiger partial charge in [0.1, 0.15) is 5.75 Å².